The Labute approximate surface area is 212 Å². The van der Waals surface area contributed by atoms with E-state index in [2.05, 4.69) is 55.1 Å². The van der Waals surface area contributed by atoms with Crippen molar-refractivity contribution in [3.05, 3.63) is 53.2 Å². The molecule has 2 saturated heterocycles. The van der Waals surface area contributed by atoms with Crippen LogP contribution in [0.25, 0.3) is 0 Å². The Hall–Kier alpha value is -1.78. The van der Waals surface area contributed by atoms with E-state index in [4.69, 9.17) is 16.3 Å². The topological polar surface area (TPSA) is 56.2 Å². The molecule has 0 spiro atoms. The molecule has 174 valence electrons. The van der Waals surface area contributed by atoms with Gasteiger partial charge in [0, 0.05) is 59.1 Å². The molecule has 2 fully saturated rings. The lowest BCUT2D eigenvalue weighted by Crippen LogP contribution is -2.52. The Morgan fingerprint density at radius 3 is 2.66 bits per heavy atom. The van der Waals surface area contributed by atoms with E-state index >= 15 is 0 Å². The SMILES string of the molecule is CN=C(NCc1ccnc(N2CCOC(C)C2)c1)N1CCN(c2ccccc2Cl)CC1.I. The summed E-state index contributed by atoms with van der Waals surface area (Å²) in [6, 6.07) is 12.3. The van der Waals surface area contributed by atoms with Gasteiger partial charge in [0.25, 0.3) is 0 Å². The second-order valence-corrected chi connectivity index (χ2v) is 8.38. The molecule has 0 saturated carbocycles. The number of piperazine rings is 1. The summed E-state index contributed by atoms with van der Waals surface area (Å²) in [6.07, 6.45) is 2.12. The van der Waals surface area contributed by atoms with Crippen LogP contribution >= 0.6 is 35.6 Å². The maximum absolute atomic E-state index is 6.37. The number of halogens is 2. The van der Waals surface area contributed by atoms with Crippen LogP contribution < -0.4 is 15.1 Å². The number of rotatable bonds is 4. The van der Waals surface area contributed by atoms with Gasteiger partial charge in [-0.05, 0) is 36.8 Å². The van der Waals surface area contributed by atoms with Gasteiger partial charge in [-0.15, -0.1) is 24.0 Å². The van der Waals surface area contributed by atoms with Crippen molar-refractivity contribution < 1.29 is 4.74 Å². The maximum atomic E-state index is 6.37. The molecule has 4 rings (SSSR count). The second kappa shape index (κ2) is 11.9. The number of aliphatic imine (C=N–C) groups is 1. The molecule has 1 N–H and O–H groups in total. The molecular formula is C23H32ClIN6O. The molecule has 0 radical (unpaired) electrons. The van der Waals surface area contributed by atoms with E-state index < -0.39 is 0 Å². The molecule has 1 atom stereocenters. The highest BCUT2D eigenvalue weighted by Crippen LogP contribution is 2.26. The molecule has 1 aromatic heterocycles. The van der Waals surface area contributed by atoms with E-state index in [0.717, 1.165) is 68.4 Å². The first kappa shape index (κ1) is 24.9. The Bertz CT molecular complexity index is 906. The smallest absolute Gasteiger partial charge is 0.194 e. The van der Waals surface area contributed by atoms with Crippen LogP contribution in [0.4, 0.5) is 11.5 Å². The summed E-state index contributed by atoms with van der Waals surface area (Å²) in [5.74, 6) is 1.94. The Kier molecular flexibility index (Phi) is 9.24. The van der Waals surface area contributed by atoms with Gasteiger partial charge in [0.2, 0.25) is 0 Å². The number of hydrogen-bond donors (Lipinski definition) is 1. The second-order valence-electron chi connectivity index (χ2n) is 7.98. The van der Waals surface area contributed by atoms with Crippen molar-refractivity contribution in [1.29, 1.82) is 0 Å². The molecule has 0 amide bonds. The predicted octanol–water partition coefficient (Wildman–Crippen LogP) is 3.48. The van der Waals surface area contributed by atoms with Crippen LogP contribution in [0.1, 0.15) is 12.5 Å². The number of guanidine groups is 1. The average Bonchev–Trinajstić information content (AvgIpc) is 2.80. The standard InChI is InChI=1S/C23H31ClN6O.HI/c1-18-17-30(13-14-31-18)22-15-19(7-8-26-22)16-27-23(25-2)29-11-9-28(10-12-29)21-6-4-3-5-20(21)24;/h3-8,15,18H,9-14,16-17H2,1-2H3,(H,25,27);1H. The fourth-order valence-electron chi connectivity index (χ4n) is 4.15. The van der Waals surface area contributed by atoms with E-state index in [0.29, 0.717) is 6.54 Å². The zero-order valence-corrected chi connectivity index (χ0v) is 21.8. The van der Waals surface area contributed by atoms with E-state index in [1.165, 1.54) is 5.56 Å². The van der Waals surface area contributed by atoms with Gasteiger partial charge in [-0.3, -0.25) is 4.99 Å². The lowest BCUT2D eigenvalue weighted by atomic mass is 10.2. The first-order valence-electron chi connectivity index (χ1n) is 10.9. The molecule has 32 heavy (non-hydrogen) atoms. The first-order valence-corrected chi connectivity index (χ1v) is 11.3. The van der Waals surface area contributed by atoms with Gasteiger partial charge in [0.05, 0.1) is 23.4 Å². The van der Waals surface area contributed by atoms with E-state index in [-0.39, 0.29) is 30.1 Å². The van der Waals surface area contributed by atoms with Gasteiger partial charge in [0.15, 0.2) is 5.96 Å². The average molecular weight is 571 g/mol. The largest absolute Gasteiger partial charge is 0.375 e. The highest BCUT2D eigenvalue weighted by atomic mass is 127. The highest BCUT2D eigenvalue weighted by molar-refractivity contribution is 14.0. The molecule has 0 aliphatic carbocycles. The van der Waals surface area contributed by atoms with Crippen LogP contribution in [0.5, 0.6) is 0 Å². The fraction of sp³-hybridized carbons (Fsp3) is 0.478. The number of anilines is 2. The van der Waals surface area contributed by atoms with E-state index in [1.54, 1.807) is 0 Å². The van der Waals surface area contributed by atoms with E-state index in [9.17, 15) is 0 Å². The zero-order valence-electron chi connectivity index (χ0n) is 18.7. The molecule has 1 unspecified atom stereocenters. The number of para-hydroxylation sites is 1. The third kappa shape index (κ3) is 6.17. The van der Waals surface area contributed by atoms with Gasteiger partial charge in [-0.25, -0.2) is 4.98 Å². The summed E-state index contributed by atoms with van der Waals surface area (Å²) in [6.45, 7) is 8.96. The molecule has 3 heterocycles. The van der Waals surface area contributed by atoms with Gasteiger partial charge in [-0.2, -0.15) is 0 Å². The summed E-state index contributed by atoms with van der Waals surface area (Å²) < 4.78 is 5.65. The third-order valence-corrected chi connectivity index (χ3v) is 6.13. The van der Waals surface area contributed by atoms with Crippen LogP contribution in [0.2, 0.25) is 5.02 Å². The van der Waals surface area contributed by atoms with E-state index in [1.807, 2.05) is 31.4 Å². The van der Waals surface area contributed by atoms with Crippen molar-refractivity contribution in [2.24, 2.45) is 4.99 Å². The molecule has 1 aromatic carbocycles. The van der Waals surface area contributed by atoms with Crippen molar-refractivity contribution in [3.8, 4) is 0 Å². The Balaban J connectivity index is 0.00000289. The molecular weight excluding hydrogens is 539 g/mol. The van der Waals surface area contributed by atoms with Crippen molar-refractivity contribution in [2.75, 3.05) is 62.7 Å². The number of nitrogens with zero attached hydrogens (tertiary/aromatic N) is 5. The predicted molar refractivity (Wildman–Crippen MR) is 143 cm³/mol. The van der Waals surface area contributed by atoms with Crippen LogP contribution in [0, 0.1) is 0 Å². The van der Waals surface area contributed by atoms with Crippen LogP contribution in [0.3, 0.4) is 0 Å². The highest BCUT2D eigenvalue weighted by Gasteiger charge is 2.21. The van der Waals surface area contributed by atoms with Crippen molar-refractivity contribution in [3.63, 3.8) is 0 Å². The zero-order chi connectivity index (χ0) is 21.6. The summed E-state index contributed by atoms with van der Waals surface area (Å²) in [5.41, 5.74) is 2.30. The minimum absolute atomic E-state index is 0. The monoisotopic (exact) mass is 570 g/mol. The molecule has 7 nitrogen and oxygen atoms in total. The summed E-state index contributed by atoms with van der Waals surface area (Å²) >= 11 is 6.37. The van der Waals surface area contributed by atoms with Crippen molar-refractivity contribution in [2.45, 2.75) is 19.6 Å². The lowest BCUT2D eigenvalue weighted by molar-refractivity contribution is 0.0529. The Morgan fingerprint density at radius 2 is 1.94 bits per heavy atom. The molecule has 0 bridgehead atoms. The summed E-state index contributed by atoms with van der Waals surface area (Å²) in [5, 5.41) is 4.33. The fourth-order valence-corrected chi connectivity index (χ4v) is 4.41. The van der Waals surface area contributed by atoms with Crippen molar-refractivity contribution >= 4 is 53.0 Å². The van der Waals surface area contributed by atoms with Crippen molar-refractivity contribution in [1.82, 2.24) is 15.2 Å². The minimum atomic E-state index is 0. The molecule has 9 heteroatoms. The number of morpholine rings is 1. The molecule has 2 aliphatic heterocycles. The number of nitrogens with one attached hydrogen (secondary N) is 1. The van der Waals surface area contributed by atoms with Crippen LogP contribution in [-0.4, -0.2) is 74.9 Å². The third-order valence-electron chi connectivity index (χ3n) is 5.81. The maximum Gasteiger partial charge on any atom is 0.194 e. The number of aromatic nitrogens is 1. The van der Waals surface area contributed by atoms with Gasteiger partial charge in [-0.1, -0.05) is 23.7 Å². The lowest BCUT2D eigenvalue weighted by Gasteiger charge is -2.38. The summed E-state index contributed by atoms with van der Waals surface area (Å²) in [4.78, 5) is 16.0. The normalized spacial score (nSPS) is 19.5. The summed E-state index contributed by atoms with van der Waals surface area (Å²) in [7, 11) is 1.84. The van der Waals surface area contributed by atoms with Gasteiger partial charge < -0.3 is 24.8 Å². The number of hydrogen-bond acceptors (Lipinski definition) is 5. The number of benzene rings is 1. The molecule has 2 aromatic rings. The number of pyridine rings is 1. The van der Waals surface area contributed by atoms with Gasteiger partial charge in [0.1, 0.15) is 5.82 Å². The first-order chi connectivity index (χ1) is 15.1. The van der Waals surface area contributed by atoms with Crippen LogP contribution in [0.15, 0.2) is 47.6 Å². The molecule has 2 aliphatic rings. The number of ether oxygens (including phenoxy) is 1. The Morgan fingerprint density at radius 1 is 1.16 bits per heavy atom. The minimum Gasteiger partial charge on any atom is -0.375 e. The quantitative estimate of drug-likeness (QED) is 0.345. The van der Waals surface area contributed by atoms with Crippen LogP contribution in [-0.2, 0) is 11.3 Å². The van der Waals surface area contributed by atoms with Gasteiger partial charge >= 0.3 is 0 Å².